The third-order valence-electron chi connectivity index (χ3n) is 12.8. The number of para-hydroxylation sites is 2. The smallest absolute Gasteiger partial charge is 0.0476 e. The van der Waals surface area contributed by atoms with Crippen molar-refractivity contribution in [2.24, 2.45) is 0 Å². The van der Waals surface area contributed by atoms with Gasteiger partial charge in [0, 0.05) is 115 Å². The molecule has 14 aromatic rings. The van der Waals surface area contributed by atoms with Gasteiger partial charge >= 0.3 is 0 Å². The number of anilines is 6. The molecule has 300 valence electrons. The molecule has 0 aliphatic carbocycles. The van der Waals surface area contributed by atoms with E-state index in [2.05, 4.69) is 216 Å². The number of benzene rings is 10. The molecule has 2 nitrogen and oxygen atoms in total. The molecule has 0 spiro atoms. The summed E-state index contributed by atoms with van der Waals surface area (Å²) in [5.74, 6) is 0. The fourth-order valence-electron chi connectivity index (χ4n) is 9.97. The zero-order chi connectivity index (χ0) is 41.9. The maximum atomic E-state index is 2.41. The molecule has 0 atom stereocenters. The van der Waals surface area contributed by atoms with Crippen LogP contribution in [0, 0.1) is 0 Å². The molecular weight excluding hydrogens is 853 g/mol. The van der Waals surface area contributed by atoms with Crippen LogP contribution in [0.5, 0.6) is 0 Å². The quantitative estimate of drug-likeness (QED) is 0.164. The maximum absolute atomic E-state index is 2.41. The molecule has 0 saturated heterocycles. The van der Waals surface area contributed by atoms with Gasteiger partial charge in [0.2, 0.25) is 0 Å². The first-order valence-electron chi connectivity index (χ1n) is 21.5. The Kier molecular flexibility index (Phi) is 8.10. The van der Waals surface area contributed by atoms with Gasteiger partial charge in [0.05, 0.1) is 0 Å². The minimum Gasteiger partial charge on any atom is -0.310 e. The van der Waals surface area contributed by atoms with Gasteiger partial charge in [0.15, 0.2) is 0 Å². The Morgan fingerprint density at radius 1 is 0.203 bits per heavy atom. The van der Waals surface area contributed by atoms with Crippen LogP contribution in [0.15, 0.2) is 206 Å². The molecule has 6 heteroatoms. The summed E-state index contributed by atoms with van der Waals surface area (Å²) in [6.45, 7) is 0. The number of thiophene rings is 4. The van der Waals surface area contributed by atoms with Crippen LogP contribution in [0.4, 0.5) is 34.1 Å². The van der Waals surface area contributed by atoms with E-state index >= 15 is 0 Å². The van der Waals surface area contributed by atoms with Crippen molar-refractivity contribution >= 4 is 171 Å². The van der Waals surface area contributed by atoms with E-state index < -0.39 is 0 Å². The molecule has 14 rings (SSSR count). The Bertz CT molecular complexity index is 3890. The second-order valence-corrected chi connectivity index (χ2v) is 20.8. The van der Waals surface area contributed by atoms with Crippen molar-refractivity contribution in [2.45, 2.75) is 0 Å². The first-order chi connectivity index (χ1) is 31.7. The molecule has 0 aliphatic rings. The second-order valence-electron chi connectivity index (χ2n) is 16.4. The highest BCUT2D eigenvalue weighted by Crippen LogP contribution is 2.48. The number of hydrogen-bond donors (Lipinski definition) is 0. The van der Waals surface area contributed by atoms with Crippen LogP contribution >= 0.6 is 45.3 Å². The standard InChI is InChI=1S/C58H34N2S4/c1-3-11-35(12-4-1)59(37-21-27-51-47(31-37)41-15-7-9-17-49(41)61-51)39-19-23-45-55(33-39)63-53-29-25-44-43(57(45)53)26-30-54-58(44)46-24-20-40(34-56(46)64-54)60(36-13-5-2-6-14-36)38-22-28-52-48(32-38)42-16-8-10-18-50(42)62-52/h1-34H. The Labute approximate surface area is 384 Å². The van der Waals surface area contributed by atoms with Crippen LogP contribution < -0.4 is 9.80 Å². The average molecular weight is 887 g/mol. The molecule has 0 radical (unpaired) electrons. The lowest BCUT2D eigenvalue weighted by Crippen LogP contribution is -2.09. The topological polar surface area (TPSA) is 6.48 Å². The highest BCUT2D eigenvalue weighted by atomic mass is 32.1. The van der Waals surface area contributed by atoms with Crippen LogP contribution in [0.3, 0.4) is 0 Å². The predicted molar refractivity (Wildman–Crippen MR) is 285 cm³/mol. The molecule has 4 heterocycles. The van der Waals surface area contributed by atoms with Gasteiger partial charge in [-0.15, -0.1) is 45.3 Å². The Hall–Kier alpha value is -7.06. The lowest BCUT2D eigenvalue weighted by atomic mass is 9.99. The molecule has 0 saturated carbocycles. The minimum absolute atomic E-state index is 1.14. The average Bonchev–Trinajstić information content (AvgIpc) is 4.12. The summed E-state index contributed by atoms with van der Waals surface area (Å²) < 4.78 is 10.5. The normalized spacial score (nSPS) is 12.1. The van der Waals surface area contributed by atoms with Crippen molar-refractivity contribution in [2.75, 3.05) is 9.80 Å². The van der Waals surface area contributed by atoms with Gasteiger partial charge < -0.3 is 9.80 Å². The third kappa shape index (κ3) is 5.60. The fraction of sp³-hybridized carbons (Fsp3) is 0. The van der Waals surface area contributed by atoms with E-state index in [1.807, 2.05) is 45.3 Å². The summed E-state index contributed by atoms with van der Waals surface area (Å²) in [5.41, 5.74) is 6.92. The van der Waals surface area contributed by atoms with Gasteiger partial charge in [0.1, 0.15) is 0 Å². The zero-order valence-corrected chi connectivity index (χ0v) is 37.4. The summed E-state index contributed by atoms with van der Waals surface area (Å²) in [4.78, 5) is 4.81. The predicted octanol–water partition coefficient (Wildman–Crippen LogP) is 19.3. The molecule has 0 fully saturated rings. The molecular formula is C58H34N2S4. The summed E-state index contributed by atoms with van der Waals surface area (Å²) in [6, 6.07) is 76.5. The monoisotopic (exact) mass is 886 g/mol. The van der Waals surface area contributed by atoms with E-state index in [4.69, 9.17) is 0 Å². The summed E-state index contributed by atoms with van der Waals surface area (Å²) in [7, 11) is 0. The molecule has 0 N–H and O–H groups in total. The van der Waals surface area contributed by atoms with Crippen molar-refractivity contribution in [3.05, 3.63) is 206 Å². The fourth-order valence-corrected chi connectivity index (χ4v) is 14.4. The van der Waals surface area contributed by atoms with Crippen molar-refractivity contribution < 1.29 is 0 Å². The van der Waals surface area contributed by atoms with Crippen LogP contribution in [0.2, 0.25) is 0 Å². The summed E-state index contributed by atoms with van der Waals surface area (Å²) in [5, 5.41) is 13.1. The molecule has 0 bridgehead atoms. The summed E-state index contributed by atoms with van der Waals surface area (Å²) >= 11 is 7.51. The molecule has 64 heavy (non-hydrogen) atoms. The number of rotatable bonds is 6. The van der Waals surface area contributed by atoms with Gasteiger partial charge in [-0.25, -0.2) is 0 Å². The van der Waals surface area contributed by atoms with E-state index in [9.17, 15) is 0 Å². The Balaban J connectivity index is 0.898. The van der Waals surface area contributed by atoms with E-state index in [1.165, 1.54) is 91.5 Å². The molecule has 0 amide bonds. The Morgan fingerprint density at radius 3 is 1.02 bits per heavy atom. The highest BCUT2D eigenvalue weighted by Gasteiger charge is 2.20. The van der Waals surface area contributed by atoms with Gasteiger partial charge in [0.25, 0.3) is 0 Å². The Morgan fingerprint density at radius 2 is 0.547 bits per heavy atom. The molecule has 10 aromatic carbocycles. The molecule has 4 aromatic heterocycles. The van der Waals surface area contributed by atoms with E-state index in [0.29, 0.717) is 0 Å². The SMILES string of the molecule is c1ccc(N(c2ccc3c(c2)sc2ccc4c(ccc5sc6cc(N(c7ccccc7)c7ccc8sc9ccccc9c8c7)ccc6c54)c23)c2ccc3sc4ccccc4c3c2)cc1. The van der Waals surface area contributed by atoms with Crippen LogP contribution in [0.25, 0.3) is 91.5 Å². The number of fused-ring (bicyclic) bond motifs is 15. The van der Waals surface area contributed by atoms with Gasteiger partial charge in [-0.3, -0.25) is 0 Å². The molecule has 0 unspecified atom stereocenters. The minimum atomic E-state index is 1.14. The number of nitrogens with zero attached hydrogens (tertiary/aromatic N) is 2. The van der Waals surface area contributed by atoms with Crippen molar-refractivity contribution in [3.8, 4) is 0 Å². The summed E-state index contributed by atoms with van der Waals surface area (Å²) in [6.07, 6.45) is 0. The third-order valence-corrected chi connectivity index (χ3v) is 17.4. The maximum Gasteiger partial charge on any atom is 0.0476 e. The van der Waals surface area contributed by atoms with Crippen molar-refractivity contribution in [1.29, 1.82) is 0 Å². The van der Waals surface area contributed by atoms with Crippen LogP contribution in [-0.4, -0.2) is 0 Å². The number of hydrogen-bond acceptors (Lipinski definition) is 6. The first-order valence-corrected chi connectivity index (χ1v) is 24.7. The largest absolute Gasteiger partial charge is 0.310 e. The van der Waals surface area contributed by atoms with Crippen molar-refractivity contribution in [1.82, 2.24) is 0 Å². The highest BCUT2D eigenvalue weighted by molar-refractivity contribution is 7.27. The second kappa shape index (κ2) is 14.2. The lowest BCUT2D eigenvalue weighted by Gasteiger charge is -2.25. The van der Waals surface area contributed by atoms with E-state index in [-0.39, 0.29) is 0 Å². The lowest BCUT2D eigenvalue weighted by molar-refractivity contribution is 1.30. The van der Waals surface area contributed by atoms with E-state index in [1.54, 1.807) is 0 Å². The van der Waals surface area contributed by atoms with E-state index in [0.717, 1.165) is 34.1 Å². The first kappa shape index (κ1) is 36.4. The van der Waals surface area contributed by atoms with Crippen LogP contribution in [0.1, 0.15) is 0 Å². The van der Waals surface area contributed by atoms with Gasteiger partial charge in [-0.05, 0) is 120 Å². The molecule has 0 aliphatic heterocycles. The van der Waals surface area contributed by atoms with Gasteiger partial charge in [-0.1, -0.05) is 97.1 Å². The zero-order valence-electron chi connectivity index (χ0n) is 34.2. The van der Waals surface area contributed by atoms with Crippen LogP contribution in [-0.2, 0) is 0 Å². The van der Waals surface area contributed by atoms with Crippen molar-refractivity contribution in [3.63, 3.8) is 0 Å². The van der Waals surface area contributed by atoms with Gasteiger partial charge in [-0.2, -0.15) is 0 Å².